The van der Waals surface area contributed by atoms with Crippen molar-refractivity contribution >= 4 is 22.9 Å². The first-order chi connectivity index (χ1) is 10.8. The number of benzene rings is 1. The van der Waals surface area contributed by atoms with Gasteiger partial charge in [0, 0.05) is 22.8 Å². The normalized spacial score (nSPS) is 21.5. The number of hydrogen-bond acceptors (Lipinski definition) is 3. The Morgan fingerprint density at radius 2 is 1.95 bits per heavy atom. The average molecular weight is 313 g/mol. The second-order valence-corrected chi connectivity index (χ2v) is 7.01. The lowest BCUT2D eigenvalue weighted by molar-refractivity contribution is -0.116. The van der Waals surface area contributed by atoms with Gasteiger partial charge in [-0.05, 0) is 43.2 Å². The van der Waals surface area contributed by atoms with Gasteiger partial charge in [-0.1, -0.05) is 18.2 Å². The Kier molecular flexibility index (Phi) is 3.62. The molecule has 1 aliphatic heterocycles. The molecule has 0 unspecified atom stereocenters. The molecule has 1 aromatic heterocycles. The van der Waals surface area contributed by atoms with E-state index in [-0.39, 0.29) is 11.8 Å². The van der Waals surface area contributed by atoms with Crippen LogP contribution in [0.2, 0.25) is 0 Å². The van der Waals surface area contributed by atoms with Crippen molar-refractivity contribution in [2.75, 3.05) is 5.32 Å². The predicted molar refractivity (Wildman–Crippen MR) is 88.7 cm³/mol. The lowest BCUT2D eigenvalue weighted by Crippen LogP contribution is -2.23. The van der Waals surface area contributed by atoms with E-state index in [1.165, 1.54) is 17.7 Å². The molecule has 0 radical (unpaired) electrons. The highest BCUT2D eigenvalue weighted by Gasteiger charge is 2.30. The molecule has 114 valence electrons. The summed E-state index contributed by atoms with van der Waals surface area (Å²) in [5.41, 5.74) is 2.11. The summed E-state index contributed by atoms with van der Waals surface area (Å²) in [5, 5.41) is 5.01. The first-order valence-electron chi connectivity index (χ1n) is 7.94. The minimum absolute atomic E-state index is 0.0894. The van der Waals surface area contributed by atoms with Gasteiger partial charge in [-0.3, -0.25) is 4.79 Å². The van der Waals surface area contributed by atoms with Crippen molar-refractivity contribution in [3.8, 4) is 5.75 Å². The van der Waals surface area contributed by atoms with E-state index in [1.807, 2.05) is 29.6 Å². The van der Waals surface area contributed by atoms with E-state index in [0.717, 1.165) is 29.8 Å². The molecule has 1 aliphatic carbocycles. The van der Waals surface area contributed by atoms with E-state index in [4.69, 9.17) is 4.74 Å². The number of rotatable bonds is 3. The van der Waals surface area contributed by atoms with Gasteiger partial charge < -0.3 is 10.1 Å². The van der Waals surface area contributed by atoms with Gasteiger partial charge in [-0.2, -0.15) is 0 Å². The molecule has 1 amide bonds. The molecule has 1 N–H and O–H groups in total. The molecule has 1 saturated carbocycles. The van der Waals surface area contributed by atoms with Crippen LogP contribution in [0, 0.1) is 0 Å². The highest BCUT2D eigenvalue weighted by atomic mass is 32.1. The molecule has 1 aromatic carbocycles. The molecule has 1 fully saturated rings. The molecule has 2 aliphatic rings. The minimum Gasteiger partial charge on any atom is -0.490 e. The molecule has 22 heavy (non-hydrogen) atoms. The van der Waals surface area contributed by atoms with Crippen LogP contribution in [-0.2, 0) is 4.79 Å². The lowest BCUT2D eigenvalue weighted by atomic mass is 9.90. The molecular formula is C18H19NO2S. The zero-order valence-electron chi connectivity index (χ0n) is 12.4. The van der Waals surface area contributed by atoms with Crippen LogP contribution in [0.1, 0.15) is 48.5 Å². The summed E-state index contributed by atoms with van der Waals surface area (Å²) in [5.74, 6) is 1.15. The smallest absolute Gasteiger partial charge is 0.225 e. The lowest BCUT2D eigenvalue weighted by Gasteiger charge is -2.25. The summed E-state index contributed by atoms with van der Waals surface area (Å²) >= 11 is 1.71. The molecule has 3 nitrogen and oxygen atoms in total. The number of amides is 1. The third-order valence-electron chi connectivity index (χ3n) is 4.57. The van der Waals surface area contributed by atoms with Crippen molar-refractivity contribution in [3.05, 3.63) is 46.2 Å². The largest absolute Gasteiger partial charge is 0.490 e. The molecular weight excluding hydrogens is 294 g/mol. The van der Waals surface area contributed by atoms with Gasteiger partial charge in [-0.25, -0.2) is 0 Å². The Hall–Kier alpha value is -1.81. The topological polar surface area (TPSA) is 38.3 Å². The Balaban J connectivity index is 1.69. The third-order valence-corrected chi connectivity index (χ3v) is 5.60. The van der Waals surface area contributed by atoms with Gasteiger partial charge in [0.2, 0.25) is 5.91 Å². The summed E-state index contributed by atoms with van der Waals surface area (Å²) < 4.78 is 6.26. The maximum absolute atomic E-state index is 12.0. The number of ether oxygens (including phenoxy) is 1. The number of nitrogens with one attached hydrogen (secondary N) is 1. The molecule has 2 heterocycles. The van der Waals surface area contributed by atoms with Crippen molar-refractivity contribution in [3.63, 3.8) is 0 Å². The first-order valence-corrected chi connectivity index (χ1v) is 8.82. The van der Waals surface area contributed by atoms with Gasteiger partial charge in [-0.15, -0.1) is 11.3 Å². The van der Waals surface area contributed by atoms with Crippen LogP contribution in [0.4, 0.5) is 5.69 Å². The SMILES string of the molecule is O=C1C[C@H](c2ccccc2OC2CCCC2)c2sccc2N1. The number of fused-ring (bicyclic) bond motifs is 1. The molecule has 0 spiro atoms. The standard InChI is InChI=1S/C18H19NO2S/c20-17-11-14(18-15(19-17)9-10-22-18)13-7-3-4-8-16(13)21-12-5-1-2-6-12/h3-4,7-10,12,14H,1-2,5-6,11H2,(H,19,20)/t14-/m1/s1. The number of carbonyl (C=O) groups excluding carboxylic acids is 1. The molecule has 0 bridgehead atoms. The summed E-state index contributed by atoms with van der Waals surface area (Å²) in [4.78, 5) is 13.3. The second kappa shape index (κ2) is 5.76. The molecule has 4 heteroatoms. The van der Waals surface area contributed by atoms with Crippen molar-refractivity contribution in [2.45, 2.75) is 44.1 Å². The Morgan fingerprint density at radius 3 is 2.82 bits per heavy atom. The summed E-state index contributed by atoms with van der Waals surface area (Å²) in [6.07, 6.45) is 5.63. The van der Waals surface area contributed by atoms with Gasteiger partial charge in [0.05, 0.1) is 11.8 Å². The van der Waals surface area contributed by atoms with Gasteiger partial charge in [0.15, 0.2) is 0 Å². The van der Waals surface area contributed by atoms with Crippen LogP contribution in [0.5, 0.6) is 5.75 Å². The van der Waals surface area contributed by atoms with Crippen LogP contribution < -0.4 is 10.1 Å². The fraction of sp³-hybridized carbons (Fsp3) is 0.389. The molecule has 1 atom stereocenters. The van der Waals surface area contributed by atoms with E-state index in [0.29, 0.717) is 12.5 Å². The predicted octanol–water partition coefficient (Wildman–Crippen LogP) is 4.54. The zero-order chi connectivity index (χ0) is 14.9. The fourth-order valence-electron chi connectivity index (χ4n) is 3.49. The number of carbonyl (C=O) groups is 1. The van der Waals surface area contributed by atoms with Crippen molar-refractivity contribution in [1.29, 1.82) is 0 Å². The quantitative estimate of drug-likeness (QED) is 0.903. The van der Waals surface area contributed by atoms with Crippen LogP contribution in [0.15, 0.2) is 35.7 Å². The number of thiophene rings is 1. The van der Waals surface area contributed by atoms with E-state index >= 15 is 0 Å². The molecule has 2 aromatic rings. The van der Waals surface area contributed by atoms with Gasteiger partial charge in [0.25, 0.3) is 0 Å². The van der Waals surface area contributed by atoms with Crippen LogP contribution in [-0.4, -0.2) is 12.0 Å². The second-order valence-electron chi connectivity index (χ2n) is 6.07. The monoisotopic (exact) mass is 313 g/mol. The van der Waals surface area contributed by atoms with E-state index in [1.54, 1.807) is 11.3 Å². The van der Waals surface area contributed by atoms with E-state index in [9.17, 15) is 4.79 Å². The van der Waals surface area contributed by atoms with Crippen LogP contribution in [0.25, 0.3) is 0 Å². The first kappa shape index (κ1) is 13.8. The number of anilines is 1. The zero-order valence-corrected chi connectivity index (χ0v) is 13.2. The Bertz CT molecular complexity index is 688. The van der Waals surface area contributed by atoms with Crippen LogP contribution in [0.3, 0.4) is 0 Å². The van der Waals surface area contributed by atoms with Crippen molar-refractivity contribution < 1.29 is 9.53 Å². The van der Waals surface area contributed by atoms with Crippen molar-refractivity contribution in [1.82, 2.24) is 0 Å². The fourth-order valence-corrected chi connectivity index (χ4v) is 4.46. The Labute approximate surface area is 134 Å². The maximum atomic E-state index is 12.0. The highest BCUT2D eigenvalue weighted by molar-refractivity contribution is 7.10. The van der Waals surface area contributed by atoms with E-state index < -0.39 is 0 Å². The summed E-state index contributed by atoms with van der Waals surface area (Å²) in [6, 6.07) is 10.2. The third kappa shape index (κ3) is 2.52. The average Bonchev–Trinajstić information content (AvgIpc) is 3.18. The Morgan fingerprint density at radius 1 is 1.14 bits per heavy atom. The van der Waals surface area contributed by atoms with Gasteiger partial charge in [0.1, 0.15) is 5.75 Å². The van der Waals surface area contributed by atoms with E-state index in [2.05, 4.69) is 11.4 Å². The van der Waals surface area contributed by atoms with Crippen LogP contribution >= 0.6 is 11.3 Å². The van der Waals surface area contributed by atoms with Gasteiger partial charge >= 0.3 is 0 Å². The summed E-state index contributed by atoms with van der Waals surface area (Å²) in [6.45, 7) is 0. The molecule has 4 rings (SSSR count). The minimum atomic E-state index is 0.0894. The van der Waals surface area contributed by atoms with Crippen molar-refractivity contribution in [2.24, 2.45) is 0 Å². The highest BCUT2D eigenvalue weighted by Crippen LogP contribution is 2.43. The number of hydrogen-bond donors (Lipinski definition) is 1. The molecule has 0 saturated heterocycles. The summed E-state index contributed by atoms with van der Waals surface area (Å²) in [7, 11) is 0. The number of para-hydroxylation sites is 1. The maximum Gasteiger partial charge on any atom is 0.225 e.